The van der Waals surface area contributed by atoms with Crippen LogP contribution in [-0.2, 0) is 14.4 Å². The maximum absolute atomic E-state index is 13.1. The number of alkyl halides is 3. The lowest BCUT2D eigenvalue weighted by Gasteiger charge is -2.41. The van der Waals surface area contributed by atoms with Crippen LogP contribution in [0.1, 0.15) is 70.6 Å². The quantitative estimate of drug-likeness (QED) is 0.265. The van der Waals surface area contributed by atoms with E-state index in [1.807, 2.05) is 0 Å². The first-order valence-corrected chi connectivity index (χ1v) is 13.1. The Morgan fingerprint density at radius 2 is 1.91 bits per heavy atom. The van der Waals surface area contributed by atoms with Crippen LogP contribution >= 0.6 is 0 Å². The van der Waals surface area contributed by atoms with Crippen LogP contribution in [0.15, 0.2) is 0 Å². The third-order valence-electron chi connectivity index (χ3n) is 7.96. The van der Waals surface area contributed by atoms with E-state index in [-0.39, 0.29) is 55.2 Å². The lowest BCUT2D eigenvalue weighted by atomic mass is 9.76. The average molecular weight is 505 g/mol. The van der Waals surface area contributed by atoms with Gasteiger partial charge in [0.1, 0.15) is 6.23 Å². The Morgan fingerprint density at radius 1 is 1.09 bits per heavy atom. The minimum absolute atomic E-state index is 0.0512. The van der Waals surface area contributed by atoms with Gasteiger partial charge in [0.15, 0.2) is 0 Å². The van der Waals surface area contributed by atoms with Gasteiger partial charge in [0.2, 0.25) is 11.8 Å². The summed E-state index contributed by atoms with van der Waals surface area (Å²) in [5.74, 6) is -1.00. The molecule has 9 nitrogen and oxygen atoms in total. The van der Waals surface area contributed by atoms with E-state index in [9.17, 15) is 22.8 Å². The number of hydrazine groups is 1. The van der Waals surface area contributed by atoms with Gasteiger partial charge in [0.25, 0.3) is 0 Å². The van der Waals surface area contributed by atoms with Crippen LogP contribution in [0.3, 0.4) is 0 Å². The number of carbonyl (C=O) groups excluding carboxylic acids is 2. The zero-order valence-corrected chi connectivity index (χ0v) is 20.1. The largest absolute Gasteiger partial charge is 0.391 e. The molecule has 7 unspecified atom stereocenters. The number of hydrogen-bond acceptors (Lipinski definition) is 7. The molecule has 2 aliphatic carbocycles. The standard InChI is InChI=1S/C23H39F3N6O3/c24-23(25,26)15-6-3-5-14(13-15)20-29-19(35-32-20)10-9-18(33)27-11-4-12-28-21-16-7-1-2-8-17(16)22(34)31-30-21/h14-17,19-21,28-30,32H,1-13H2,(H,27,33)(H,31,34). The van der Waals surface area contributed by atoms with Crippen LogP contribution in [0.25, 0.3) is 0 Å². The first-order chi connectivity index (χ1) is 16.8. The molecule has 4 aliphatic rings. The lowest BCUT2D eigenvalue weighted by molar-refractivity contribution is -0.187. The summed E-state index contributed by atoms with van der Waals surface area (Å²) in [6.45, 7) is 1.26. The monoisotopic (exact) mass is 504 g/mol. The van der Waals surface area contributed by atoms with E-state index in [0.717, 1.165) is 45.1 Å². The van der Waals surface area contributed by atoms with Crippen molar-refractivity contribution < 1.29 is 27.6 Å². The summed E-state index contributed by atoms with van der Waals surface area (Å²) in [6, 6.07) is 0. The van der Waals surface area contributed by atoms with Crippen molar-refractivity contribution in [1.82, 2.24) is 32.3 Å². The summed E-state index contributed by atoms with van der Waals surface area (Å²) in [4.78, 5) is 29.7. The van der Waals surface area contributed by atoms with Crippen LogP contribution in [0.4, 0.5) is 13.2 Å². The smallest absolute Gasteiger partial charge is 0.356 e. The molecule has 2 saturated heterocycles. The van der Waals surface area contributed by atoms with Gasteiger partial charge in [-0.1, -0.05) is 19.3 Å². The molecule has 6 N–H and O–H groups in total. The van der Waals surface area contributed by atoms with Gasteiger partial charge < -0.3 is 10.6 Å². The molecule has 0 aromatic rings. The molecule has 0 aromatic heterocycles. The fourth-order valence-corrected chi connectivity index (χ4v) is 5.99. The number of hydrogen-bond donors (Lipinski definition) is 6. The molecule has 200 valence electrons. The molecule has 2 amide bonds. The Hall–Kier alpha value is -1.47. The summed E-state index contributed by atoms with van der Waals surface area (Å²) in [5.41, 5.74) is 8.68. The second-order valence-electron chi connectivity index (χ2n) is 10.4. The van der Waals surface area contributed by atoms with Gasteiger partial charge in [-0.3, -0.25) is 25.2 Å². The normalized spacial score (nSPS) is 35.9. The van der Waals surface area contributed by atoms with Crippen molar-refractivity contribution in [3.8, 4) is 0 Å². The molecular weight excluding hydrogens is 465 g/mol. The number of nitrogens with one attached hydrogen (secondary N) is 6. The highest BCUT2D eigenvalue weighted by Gasteiger charge is 2.45. The molecule has 4 rings (SSSR count). The molecule has 4 fully saturated rings. The molecule has 12 heteroatoms. The van der Waals surface area contributed by atoms with Crippen molar-refractivity contribution in [2.45, 2.75) is 95.4 Å². The molecule has 0 aromatic carbocycles. The molecule has 2 saturated carbocycles. The van der Waals surface area contributed by atoms with Gasteiger partial charge in [0.05, 0.1) is 18.2 Å². The summed E-state index contributed by atoms with van der Waals surface area (Å²) in [7, 11) is 0. The fourth-order valence-electron chi connectivity index (χ4n) is 5.99. The first kappa shape index (κ1) is 26.6. The zero-order valence-electron chi connectivity index (χ0n) is 20.1. The van der Waals surface area contributed by atoms with Gasteiger partial charge >= 0.3 is 6.18 Å². The molecule has 2 aliphatic heterocycles. The van der Waals surface area contributed by atoms with E-state index in [2.05, 4.69) is 32.3 Å². The number of halogens is 3. The Labute approximate surface area is 204 Å². The Morgan fingerprint density at radius 3 is 2.74 bits per heavy atom. The maximum Gasteiger partial charge on any atom is 0.391 e. The van der Waals surface area contributed by atoms with Gasteiger partial charge in [-0.15, -0.1) is 0 Å². The predicted octanol–water partition coefficient (Wildman–Crippen LogP) is 1.77. The Bertz CT molecular complexity index is 727. The van der Waals surface area contributed by atoms with E-state index in [1.54, 1.807) is 0 Å². The second kappa shape index (κ2) is 12.2. The molecule has 7 atom stereocenters. The summed E-state index contributed by atoms with van der Waals surface area (Å²) in [6.07, 6.45) is 2.48. The molecule has 2 heterocycles. The van der Waals surface area contributed by atoms with Gasteiger partial charge in [-0.05, 0) is 57.4 Å². The maximum atomic E-state index is 13.1. The van der Waals surface area contributed by atoms with Crippen LogP contribution < -0.4 is 32.3 Å². The molecule has 0 radical (unpaired) electrons. The molecule has 0 bridgehead atoms. The van der Waals surface area contributed by atoms with Crippen molar-refractivity contribution >= 4 is 11.8 Å². The summed E-state index contributed by atoms with van der Waals surface area (Å²) >= 11 is 0. The number of carbonyl (C=O) groups is 2. The van der Waals surface area contributed by atoms with Gasteiger partial charge in [-0.2, -0.15) is 18.7 Å². The van der Waals surface area contributed by atoms with E-state index in [1.165, 1.54) is 0 Å². The van der Waals surface area contributed by atoms with Crippen molar-refractivity contribution in [1.29, 1.82) is 0 Å². The van der Waals surface area contributed by atoms with Gasteiger partial charge in [-0.25, -0.2) is 5.43 Å². The van der Waals surface area contributed by atoms with Crippen molar-refractivity contribution in [2.24, 2.45) is 23.7 Å². The zero-order chi connectivity index (χ0) is 24.8. The van der Waals surface area contributed by atoms with Crippen LogP contribution in [0.5, 0.6) is 0 Å². The highest BCUT2D eigenvalue weighted by atomic mass is 19.4. The predicted molar refractivity (Wildman–Crippen MR) is 122 cm³/mol. The van der Waals surface area contributed by atoms with Crippen molar-refractivity contribution in [3.63, 3.8) is 0 Å². The van der Waals surface area contributed by atoms with Gasteiger partial charge in [0, 0.05) is 24.8 Å². The first-order valence-electron chi connectivity index (χ1n) is 13.1. The lowest BCUT2D eigenvalue weighted by Crippen LogP contribution is -2.64. The van der Waals surface area contributed by atoms with E-state index < -0.39 is 18.3 Å². The van der Waals surface area contributed by atoms with Crippen LogP contribution in [0, 0.1) is 23.7 Å². The molecular formula is C23H39F3N6O3. The van der Waals surface area contributed by atoms with E-state index >= 15 is 0 Å². The molecule has 0 spiro atoms. The molecule has 35 heavy (non-hydrogen) atoms. The minimum atomic E-state index is -4.15. The SMILES string of the molecule is O=C(CCC1NC(C2CCCC(C(F)(F)F)C2)NO1)NCCCNC1NNC(=O)C2CCCCC12. The minimum Gasteiger partial charge on any atom is -0.356 e. The third kappa shape index (κ3) is 7.28. The summed E-state index contributed by atoms with van der Waals surface area (Å²) < 4.78 is 39.2. The van der Waals surface area contributed by atoms with Crippen molar-refractivity contribution in [2.75, 3.05) is 13.1 Å². The van der Waals surface area contributed by atoms with E-state index in [4.69, 9.17) is 4.84 Å². The summed E-state index contributed by atoms with van der Waals surface area (Å²) in [5, 5.41) is 9.56. The fraction of sp³-hybridized carbons (Fsp3) is 0.913. The number of amides is 2. The highest BCUT2D eigenvalue weighted by molar-refractivity contribution is 5.79. The van der Waals surface area contributed by atoms with Crippen molar-refractivity contribution in [3.05, 3.63) is 0 Å². The van der Waals surface area contributed by atoms with E-state index in [0.29, 0.717) is 25.3 Å². The average Bonchev–Trinajstić information content (AvgIpc) is 3.33. The third-order valence-corrected chi connectivity index (χ3v) is 7.96. The Balaban J connectivity index is 1.07. The topological polar surface area (TPSA) is 116 Å². The van der Waals surface area contributed by atoms with Crippen LogP contribution in [-0.4, -0.2) is 49.6 Å². The highest BCUT2D eigenvalue weighted by Crippen LogP contribution is 2.41. The second-order valence-corrected chi connectivity index (χ2v) is 10.4. The number of hydroxylamine groups is 1. The Kier molecular flexibility index (Phi) is 9.25. The number of rotatable bonds is 9. The van der Waals surface area contributed by atoms with Crippen LogP contribution in [0.2, 0.25) is 0 Å². The number of fused-ring (bicyclic) bond motifs is 1.